The monoisotopic (exact) mass is 440 g/mol. The first-order chi connectivity index (χ1) is 14.3. The number of nitrogens with one attached hydrogen (secondary N) is 1. The fourth-order valence-corrected chi connectivity index (χ4v) is 4.34. The Morgan fingerprint density at radius 3 is 2.23 bits per heavy atom. The van der Waals surface area contributed by atoms with E-state index in [0.717, 1.165) is 22.0 Å². The van der Waals surface area contributed by atoms with Gasteiger partial charge in [0.1, 0.15) is 16.5 Å². The lowest BCUT2D eigenvalue weighted by Crippen LogP contribution is -2.40. The van der Waals surface area contributed by atoms with Gasteiger partial charge in [0.2, 0.25) is 15.9 Å². The zero-order valence-electron chi connectivity index (χ0n) is 17.3. The van der Waals surface area contributed by atoms with Gasteiger partial charge in [-0.05, 0) is 35.9 Å². The molecule has 0 bridgehead atoms. The Bertz CT molecular complexity index is 997. The molecule has 0 spiro atoms. The molecule has 0 aliphatic carbocycles. The van der Waals surface area contributed by atoms with Gasteiger partial charge >= 0.3 is 0 Å². The first kappa shape index (κ1) is 23.4. The van der Waals surface area contributed by atoms with Crippen molar-refractivity contribution in [2.75, 3.05) is 34.4 Å². The lowest BCUT2D eigenvalue weighted by atomic mass is 10.2. The SMILES string of the molecule is CCN(CC(=O)NCc1ccc(OC)c(OC)c1)S(=O)(=O)c1cc(F)ccc1OC. The number of hydrogen-bond acceptors (Lipinski definition) is 6. The van der Waals surface area contributed by atoms with Crippen LogP contribution in [0.15, 0.2) is 41.3 Å². The molecule has 0 radical (unpaired) electrons. The molecule has 0 saturated carbocycles. The summed E-state index contributed by atoms with van der Waals surface area (Å²) in [7, 11) is 0.172. The van der Waals surface area contributed by atoms with E-state index in [2.05, 4.69) is 5.32 Å². The number of carbonyl (C=O) groups is 1. The van der Waals surface area contributed by atoms with Crippen molar-refractivity contribution >= 4 is 15.9 Å². The van der Waals surface area contributed by atoms with Crippen LogP contribution in [0.2, 0.25) is 0 Å². The smallest absolute Gasteiger partial charge is 0.247 e. The Morgan fingerprint density at radius 2 is 1.63 bits per heavy atom. The molecule has 2 aromatic carbocycles. The quantitative estimate of drug-likeness (QED) is 0.609. The third-order valence-electron chi connectivity index (χ3n) is 4.35. The molecule has 10 heteroatoms. The third-order valence-corrected chi connectivity index (χ3v) is 6.30. The van der Waals surface area contributed by atoms with Crippen LogP contribution in [0.3, 0.4) is 0 Å². The van der Waals surface area contributed by atoms with Gasteiger partial charge in [0.05, 0.1) is 27.9 Å². The van der Waals surface area contributed by atoms with E-state index in [1.807, 2.05) is 0 Å². The van der Waals surface area contributed by atoms with Crippen molar-refractivity contribution in [1.29, 1.82) is 0 Å². The predicted octanol–water partition coefficient (Wildman–Crippen LogP) is 2.18. The van der Waals surface area contributed by atoms with Gasteiger partial charge < -0.3 is 19.5 Å². The van der Waals surface area contributed by atoms with Crippen molar-refractivity contribution < 1.29 is 31.8 Å². The number of carbonyl (C=O) groups excluding carboxylic acids is 1. The standard InChI is InChI=1S/C20H25FN2O6S/c1-5-23(30(25,26)19-11-15(21)7-9-17(19)28-3)13-20(24)22-12-14-6-8-16(27-2)18(10-14)29-4/h6-11H,5,12-13H2,1-4H3,(H,22,24). The van der Waals surface area contributed by atoms with Gasteiger partial charge in [-0.3, -0.25) is 4.79 Å². The van der Waals surface area contributed by atoms with Crippen LogP contribution < -0.4 is 19.5 Å². The van der Waals surface area contributed by atoms with E-state index in [-0.39, 0.29) is 23.7 Å². The number of rotatable bonds is 10. The van der Waals surface area contributed by atoms with Crippen molar-refractivity contribution in [3.63, 3.8) is 0 Å². The summed E-state index contributed by atoms with van der Waals surface area (Å²) >= 11 is 0. The highest BCUT2D eigenvalue weighted by Crippen LogP contribution is 2.28. The maximum absolute atomic E-state index is 13.6. The Kier molecular flexibility index (Phi) is 8.01. The zero-order chi connectivity index (χ0) is 22.3. The number of hydrogen-bond donors (Lipinski definition) is 1. The summed E-state index contributed by atoms with van der Waals surface area (Å²) in [5.41, 5.74) is 0.749. The van der Waals surface area contributed by atoms with Gasteiger partial charge in [-0.25, -0.2) is 12.8 Å². The first-order valence-corrected chi connectivity index (χ1v) is 10.5. The molecular weight excluding hydrogens is 415 g/mol. The van der Waals surface area contributed by atoms with Crippen molar-refractivity contribution in [1.82, 2.24) is 9.62 Å². The van der Waals surface area contributed by atoms with Gasteiger partial charge in [-0.15, -0.1) is 0 Å². The third kappa shape index (κ3) is 5.39. The summed E-state index contributed by atoms with van der Waals surface area (Å²) in [6.07, 6.45) is 0. The summed E-state index contributed by atoms with van der Waals surface area (Å²) in [6.45, 7) is 1.35. The number of ether oxygens (including phenoxy) is 3. The minimum Gasteiger partial charge on any atom is -0.495 e. The van der Waals surface area contributed by atoms with E-state index in [1.54, 1.807) is 25.1 Å². The van der Waals surface area contributed by atoms with E-state index in [4.69, 9.17) is 14.2 Å². The van der Waals surface area contributed by atoms with E-state index in [1.165, 1.54) is 27.4 Å². The lowest BCUT2D eigenvalue weighted by molar-refractivity contribution is -0.121. The molecule has 164 valence electrons. The normalized spacial score (nSPS) is 11.3. The van der Waals surface area contributed by atoms with Gasteiger partial charge in [0, 0.05) is 13.1 Å². The van der Waals surface area contributed by atoms with Crippen LogP contribution in [-0.4, -0.2) is 53.0 Å². The predicted molar refractivity (Wildman–Crippen MR) is 109 cm³/mol. The van der Waals surface area contributed by atoms with Gasteiger partial charge in [-0.1, -0.05) is 13.0 Å². The highest BCUT2D eigenvalue weighted by atomic mass is 32.2. The summed E-state index contributed by atoms with van der Waals surface area (Å²) < 4.78 is 55.9. The highest BCUT2D eigenvalue weighted by molar-refractivity contribution is 7.89. The summed E-state index contributed by atoms with van der Waals surface area (Å²) in [4.78, 5) is 12.1. The van der Waals surface area contributed by atoms with E-state index in [9.17, 15) is 17.6 Å². The molecule has 0 aliphatic heterocycles. The molecule has 0 unspecified atom stereocenters. The number of likely N-dealkylation sites (N-methyl/N-ethyl adjacent to an activating group) is 1. The summed E-state index contributed by atoms with van der Waals surface area (Å²) in [6, 6.07) is 8.38. The lowest BCUT2D eigenvalue weighted by Gasteiger charge is -2.21. The Labute approximate surface area is 175 Å². The van der Waals surface area contributed by atoms with Crippen LogP contribution in [0.25, 0.3) is 0 Å². The summed E-state index contributed by atoms with van der Waals surface area (Å²) in [5, 5.41) is 2.67. The van der Waals surface area contributed by atoms with Gasteiger partial charge in [0.15, 0.2) is 11.5 Å². The van der Waals surface area contributed by atoms with Crippen LogP contribution >= 0.6 is 0 Å². The van der Waals surface area contributed by atoms with Crippen LogP contribution in [0.1, 0.15) is 12.5 Å². The van der Waals surface area contributed by atoms with Crippen LogP contribution in [-0.2, 0) is 21.4 Å². The van der Waals surface area contributed by atoms with Crippen molar-refractivity contribution in [3.8, 4) is 17.2 Å². The molecule has 0 fully saturated rings. The molecule has 0 atom stereocenters. The highest BCUT2D eigenvalue weighted by Gasteiger charge is 2.28. The zero-order valence-corrected chi connectivity index (χ0v) is 18.1. The average molecular weight is 440 g/mol. The topological polar surface area (TPSA) is 94.2 Å². The molecule has 0 aliphatic rings. The number of methoxy groups -OCH3 is 3. The first-order valence-electron chi connectivity index (χ1n) is 9.08. The Balaban J connectivity index is 2.12. The average Bonchev–Trinajstić information content (AvgIpc) is 2.75. The number of benzene rings is 2. The largest absolute Gasteiger partial charge is 0.495 e. The number of nitrogens with zero attached hydrogens (tertiary/aromatic N) is 1. The van der Waals surface area contributed by atoms with E-state index < -0.39 is 28.3 Å². The fourth-order valence-electron chi connectivity index (χ4n) is 2.77. The second-order valence-electron chi connectivity index (χ2n) is 6.19. The van der Waals surface area contributed by atoms with Crippen molar-refractivity contribution in [2.45, 2.75) is 18.4 Å². The van der Waals surface area contributed by atoms with E-state index >= 15 is 0 Å². The second kappa shape index (κ2) is 10.3. The number of sulfonamides is 1. The van der Waals surface area contributed by atoms with Crippen LogP contribution in [0.5, 0.6) is 17.2 Å². The Hall–Kier alpha value is -2.85. The van der Waals surface area contributed by atoms with E-state index in [0.29, 0.717) is 11.5 Å². The molecule has 2 aromatic rings. The summed E-state index contributed by atoms with van der Waals surface area (Å²) in [5.74, 6) is -0.158. The van der Waals surface area contributed by atoms with Crippen LogP contribution in [0, 0.1) is 5.82 Å². The number of amides is 1. The number of halogens is 1. The minimum atomic E-state index is -4.14. The Morgan fingerprint density at radius 1 is 1.00 bits per heavy atom. The van der Waals surface area contributed by atoms with Gasteiger partial charge in [-0.2, -0.15) is 4.31 Å². The maximum Gasteiger partial charge on any atom is 0.247 e. The fraction of sp³-hybridized carbons (Fsp3) is 0.350. The minimum absolute atomic E-state index is 0.000543. The van der Waals surface area contributed by atoms with Crippen LogP contribution in [0.4, 0.5) is 4.39 Å². The maximum atomic E-state index is 13.6. The van der Waals surface area contributed by atoms with Crippen molar-refractivity contribution in [3.05, 3.63) is 47.8 Å². The molecule has 2 rings (SSSR count). The van der Waals surface area contributed by atoms with Gasteiger partial charge in [0.25, 0.3) is 0 Å². The molecular formula is C20H25FN2O6S. The molecule has 0 heterocycles. The molecule has 30 heavy (non-hydrogen) atoms. The molecule has 1 N–H and O–H groups in total. The van der Waals surface area contributed by atoms with Crippen molar-refractivity contribution in [2.24, 2.45) is 0 Å². The molecule has 1 amide bonds. The molecule has 8 nitrogen and oxygen atoms in total. The molecule has 0 saturated heterocycles. The second-order valence-corrected chi connectivity index (χ2v) is 8.10. The molecule has 0 aromatic heterocycles.